The Bertz CT molecular complexity index is 1530. The molecule has 0 aliphatic carbocycles. The number of amides is 3. The van der Waals surface area contributed by atoms with Crippen LogP contribution in [0.4, 0.5) is 0 Å². The zero-order valence-corrected chi connectivity index (χ0v) is 56.6. The zero-order valence-electron chi connectivity index (χ0n) is 56.6. The maximum absolute atomic E-state index is 11.3. The number of carbonyl (C=O) groups excluding carboxylic acids is 3. The Morgan fingerprint density at radius 3 is 1.07 bits per heavy atom. The van der Waals surface area contributed by atoms with Gasteiger partial charge in [-0.2, -0.15) is 15.2 Å². The van der Waals surface area contributed by atoms with Crippen molar-refractivity contribution >= 4 is 23.7 Å². The number of carboxylic acids is 1. The van der Waals surface area contributed by atoms with Gasteiger partial charge in [-0.1, -0.05) is 75.5 Å². The lowest BCUT2D eigenvalue weighted by Gasteiger charge is -2.10. The molecule has 6 unspecified atom stereocenters. The van der Waals surface area contributed by atoms with E-state index in [0.29, 0.717) is 33.3 Å². The standard InChI is InChI=1S/C9H9NO4.C6H13NO3.C6H15NO.C6H14O4.C6H14O3.C4H11NO3.2C4H10O.C3H9NO3.C3H7NO2.C3H8O.C2H6O.3CH4/c1-10(14)8(11)6-4-2-3-5-7(6)9(12)13;1-5(8)3-4-6(9)7(2)10;1-3-5-7(8)6-4-2;1-2-9-3-6(8)4-10-5-7;1-2-3-6(8)4-9-5-7;1-5(8)2-4(7)3-6;2*1-3-4(2)5;1-4(7)2-3(5)6;1-3(5)4(2)6;1-3(2)4;1-2-3;;;/h2-5,14H,1H3,(H,12,13);5,8,10H,3-4H2,1-2H3;8H,3-6H2,1-2H3;6-8H,2-5H2,1H3;6-8H,2-5H2,1H3;4,6-8H,2-3H2,1H3;2*4-5H,3H2,1-2H3;3,5-7H,2H2,1H3;6H,1-2H3;3-4H,1-2H3;3H,2H2,1H3;3*1H4. The van der Waals surface area contributed by atoms with Gasteiger partial charge in [0, 0.05) is 81.0 Å². The second-order valence-electron chi connectivity index (χ2n) is 18.7. The fourth-order valence-electron chi connectivity index (χ4n) is 3.85. The third-order valence-electron chi connectivity index (χ3n) is 8.47. The first-order chi connectivity index (χ1) is 41.1. The molecule has 92 heavy (non-hydrogen) atoms. The molecule has 1 rings (SSSR count). The number of benzene rings is 1. The predicted octanol–water partition coefficient (Wildman–Crippen LogP) is 2.78. The van der Waals surface area contributed by atoms with Crippen molar-refractivity contribution in [2.24, 2.45) is 0 Å². The Kier molecular flexibility index (Phi) is 124. The quantitative estimate of drug-likeness (QED) is 0.0342. The zero-order chi connectivity index (χ0) is 72.6. The van der Waals surface area contributed by atoms with Gasteiger partial charge in [-0.05, 0) is 99.1 Å². The van der Waals surface area contributed by atoms with Crippen LogP contribution in [0.3, 0.4) is 0 Å². The third-order valence-corrected chi connectivity index (χ3v) is 8.47. The SMILES string of the molecule is C.C.C.CC(=O)N(C)O.CC(C)O.CC(O)CCC(=O)N(C)O.CCC(C)O.CCC(C)O.CCCC(O)COCO.CCCN(O)CCC.CCO.CCOCC(O)COCO.CN(O)C(=O)c1ccccc1C(=O)O.CN(O)CC(O)CO.CN(O)CC(O)O. The van der Waals surface area contributed by atoms with Crippen LogP contribution in [0.25, 0.3) is 0 Å². The van der Waals surface area contributed by atoms with Crippen molar-refractivity contribution in [2.45, 2.75) is 213 Å². The van der Waals surface area contributed by atoms with E-state index in [-0.39, 0.29) is 130 Å². The van der Waals surface area contributed by atoms with E-state index in [4.69, 9.17) is 107 Å². The molecule has 0 saturated carbocycles. The average Bonchev–Trinajstić information content (AvgIpc) is 0.973. The van der Waals surface area contributed by atoms with Gasteiger partial charge in [0.05, 0.1) is 81.2 Å². The largest absolute Gasteiger partial charge is 0.478 e. The molecule has 20 N–H and O–H groups in total. The molecule has 0 radical (unpaired) electrons. The molecule has 0 aromatic heterocycles. The Balaban J connectivity index is -0.0000000611. The van der Waals surface area contributed by atoms with E-state index < -0.39 is 42.6 Å². The first-order valence-corrected chi connectivity index (χ1v) is 28.8. The molecule has 3 amide bonds. The number of carboxylic acid groups (broad SMARTS) is 1. The lowest BCUT2D eigenvalue weighted by molar-refractivity contribution is -0.159. The molecule has 0 spiro atoms. The maximum Gasteiger partial charge on any atom is 0.336 e. The van der Waals surface area contributed by atoms with Gasteiger partial charge >= 0.3 is 5.97 Å². The molecular formula is C59H138N6O27. The number of aromatic carboxylic acids is 1. The summed E-state index contributed by atoms with van der Waals surface area (Å²) in [6.07, 6.45) is 1.81. The summed E-state index contributed by atoms with van der Waals surface area (Å²) in [5.41, 5.74) is -0.164. The van der Waals surface area contributed by atoms with Gasteiger partial charge in [-0.15, -0.1) is 0 Å². The van der Waals surface area contributed by atoms with Gasteiger partial charge in [0.2, 0.25) is 11.8 Å². The third kappa shape index (κ3) is 138. The summed E-state index contributed by atoms with van der Waals surface area (Å²) >= 11 is 0. The van der Waals surface area contributed by atoms with Crippen LogP contribution in [0.5, 0.6) is 0 Å². The van der Waals surface area contributed by atoms with Crippen molar-refractivity contribution in [3.8, 4) is 0 Å². The fourth-order valence-corrected chi connectivity index (χ4v) is 3.85. The molecule has 33 heteroatoms. The molecular weight excluding hydrogens is 1220 g/mol. The predicted molar refractivity (Wildman–Crippen MR) is 351 cm³/mol. The summed E-state index contributed by atoms with van der Waals surface area (Å²) in [6.45, 7) is 25.4. The molecule has 0 bridgehead atoms. The first kappa shape index (κ1) is 122. The van der Waals surface area contributed by atoms with Crippen LogP contribution < -0.4 is 0 Å². The number of ether oxygens (including phenoxy) is 3. The summed E-state index contributed by atoms with van der Waals surface area (Å²) in [5, 5.41) is 172. The van der Waals surface area contributed by atoms with E-state index in [0.717, 1.165) is 63.7 Å². The van der Waals surface area contributed by atoms with Crippen molar-refractivity contribution < 1.29 is 136 Å². The van der Waals surface area contributed by atoms with Gasteiger partial charge in [0.25, 0.3) is 5.91 Å². The molecule has 566 valence electrons. The Morgan fingerprint density at radius 1 is 0.500 bits per heavy atom. The van der Waals surface area contributed by atoms with Crippen LogP contribution in [0.1, 0.15) is 184 Å². The Morgan fingerprint density at radius 2 is 0.848 bits per heavy atom. The number of rotatable bonds is 27. The molecule has 0 saturated heterocycles. The molecule has 0 heterocycles. The minimum atomic E-state index is -1.45. The van der Waals surface area contributed by atoms with Gasteiger partial charge in [0.1, 0.15) is 19.7 Å². The molecule has 0 aliphatic heterocycles. The number of likely N-dealkylation sites (N-methyl/N-ethyl adjacent to an activating group) is 2. The van der Waals surface area contributed by atoms with E-state index in [9.17, 15) is 19.2 Å². The monoisotopic (exact) mass is 1360 g/mol. The second kappa shape index (κ2) is 93.5. The number of carbonyl (C=O) groups is 4. The summed E-state index contributed by atoms with van der Waals surface area (Å²) < 4.78 is 14.0. The molecule has 6 atom stereocenters. The van der Waals surface area contributed by atoms with Crippen molar-refractivity contribution in [2.75, 3.05) is 115 Å². The van der Waals surface area contributed by atoms with E-state index in [1.807, 2.05) is 27.7 Å². The summed E-state index contributed by atoms with van der Waals surface area (Å²) in [4.78, 5) is 42.4. The number of nitrogens with zero attached hydrogens (tertiary/aromatic N) is 6. The van der Waals surface area contributed by atoms with Crippen LogP contribution in [-0.2, 0) is 23.8 Å². The second-order valence-corrected chi connectivity index (χ2v) is 18.7. The van der Waals surface area contributed by atoms with Gasteiger partial charge in [-0.25, -0.2) is 20.0 Å². The fraction of sp³-hybridized carbons (Fsp3) is 0.831. The topological polar surface area (TPSA) is 520 Å². The minimum Gasteiger partial charge on any atom is -0.478 e. The first-order valence-electron chi connectivity index (χ1n) is 28.8. The minimum absolute atomic E-state index is 0. The van der Waals surface area contributed by atoms with E-state index in [1.165, 1.54) is 64.4 Å². The number of hydroxylamine groups is 12. The molecule has 0 fully saturated rings. The van der Waals surface area contributed by atoms with E-state index in [2.05, 4.69) is 23.3 Å². The molecule has 33 nitrogen and oxygen atoms in total. The highest BCUT2D eigenvalue weighted by Gasteiger charge is 2.18. The number of hydrogen-bond donors (Lipinski definition) is 20. The highest BCUT2D eigenvalue weighted by molar-refractivity contribution is 6.04. The number of aliphatic hydroxyl groups excluding tert-OH is 12. The molecule has 0 aliphatic rings. The average molecular weight is 1360 g/mol. The van der Waals surface area contributed by atoms with Crippen LogP contribution in [0.15, 0.2) is 24.3 Å². The van der Waals surface area contributed by atoms with Crippen LogP contribution >= 0.6 is 0 Å². The van der Waals surface area contributed by atoms with Crippen LogP contribution in [0.2, 0.25) is 0 Å². The summed E-state index contributed by atoms with van der Waals surface area (Å²) in [5.74, 6) is -2.67. The normalized spacial score (nSPS) is 11.4. The van der Waals surface area contributed by atoms with Crippen molar-refractivity contribution in [3.63, 3.8) is 0 Å². The van der Waals surface area contributed by atoms with E-state index in [1.54, 1.807) is 41.5 Å². The highest BCUT2D eigenvalue weighted by Crippen LogP contribution is 2.10. The maximum atomic E-state index is 11.3. The van der Waals surface area contributed by atoms with Crippen LogP contribution in [-0.4, -0.2) is 320 Å². The van der Waals surface area contributed by atoms with Gasteiger partial charge in [0.15, 0.2) is 6.29 Å². The smallest absolute Gasteiger partial charge is 0.336 e. The van der Waals surface area contributed by atoms with E-state index >= 15 is 0 Å². The Labute approximate surface area is 551 Å². The lowest BCUT2D eigenvalue weighted by Crippen LogP contribution is -2.28. The molecule has 1 aromatic rings. The van der Waals surface area contributed by atoms with Crippen molar-refractivity contribution in [3.05, 3.63) is 35.4 Å². The lowest BCUT2D eigenvalue weighted by atomic mass is 10.1. The summed E-state index contributed by atoms with van der Waals surface area (Å²) in [7, 11) is 6.42. The van der Waals surface area contributed by atoms with Gasteiger partial charge in [-0.3, -0.25) is 30.0 Å². The number of aliphatic hydroxyl groups is 13. The highest BCUT2D eigenvalue weighted by atomic mass is 16.6. The molecule has 1 aromatic carbocycles. The van der Waals surface area contributed by atoms with Crippen molar-refractivity contribution in [1.82, 2.24) is 30.4 Å². The van der Waals surface area contributed by atoms with Gasteiger partial charge < -0.3 is 101 Å². The van der Waals surface area contributed by atoms with Crippen molar-refractivity contribution in [1.29, 1.82) is 0 Å². The van der Waals surface area contributed by atoms with Crippen LogP contribution in [0, 0.1) is 0 Å². The Hall–Kier alpha value is -3.90. The summed E-state index contributed by atoms with van der Waals surface area (Å²) in [6, 6.07) is 5.69. The number of hydrogen-bond acceptors (Lipinski definition) is 29.